The SMILES string of the molecule is FC1CN(I)CC1F. The van der Waals surface area contributed by atoms with E-state index in [-0.39, 0.29) is 13.1 Å². The van der Waals surface area contributed by atoms with E-state index in [2.05, 4.69) is 0 Å². The van der Waals surface area contributed by atoms with E-state index in [4.69, 9.17) is 0 Å². The summed E-state index contributed by atoms with van der Waals surface area (Å²) in [7, 11) is 0. The van der Waals surface area contributed by atoms with Gasteiger partial charge in [0.15, 0.2) is 0 Å². The quantitative estimate of drug-likeness (QED) is 0.450. The first-order chi connectivity index (χ1) is 3.70. The van der Waals surface area contributed by atoms with E-state index in [1.54, 1.807) is 3.11 Å². The summed E-state index contributed by atoms with van der Waals surface area (Å²) >= 11 is 1.92. The number of alkyl halides is 2. The predicted octanol–water partition coefficient (Wildman–Crippen LogP) is 1.33. The molecule has 1 aliphatic heterocycles. The number of hydrogen-bond donors (Lipinski definition) is 0. The number of halogens is 3. The molecule has 48 valence electrons. The molecule has 4 heteroatoms. The normalized spacial score (nSPS) is 40.9. The first-order valence-electron chi connectivity index (χ1n) is 2.39. The van der Waals surface area contributed by atoms with E-state index < -0.39 is 12.3 Å². The van der Waals surface area contributed by atoms with Gasteiger partial charge in [-0.05, 0) is 0 Å². The number of nitrogens with zero attached hydrogens (tertiary/aromatic N) is 1. The average Bonchev–Trinajstić information content (AvgIpc) is 1.85. The molecule has 1 saturated heterocycles. The lowest BCUT2D eigenvalue weighted by Gasteiger charge is -1.97. The maximum absolute atomic E-state index is 12.1. The summed E-state index contributed by atoms with van der Waals surface area (Å²) in [4.78, 5) is 0. The van der Waals surface area contributed by atoms with Crippen LogP contribution in [0, 0.1) is 0 Å². The molecule has 2 unspecified atom stereocenters. The van der Waals surface area contributed by atoms with Gasteiger partial charge < -0.3 is 0 Å². The van der Waals surface area contributed by atoms with Crippen LogP contribution in [0.3, 0.4) is 0 Å². The Morgan fingerprint density at radius 3 is 1.75 bits per heavy atom. The molecular weight excluding hydrogens is 227 g/mol. The minimum absolute atomic E-state index is 0.238. The van der Waals surface area contributed by atoms with Gasteiger partial charge in [-0.15, -0.1) is 0 Å². The summed E-state index contributed by atoms with van der Waals surface area (Å²) in [5.74, 6) is 0. The molecule has 0 radical (unpaired) electrons. The van der Waals surface area contributed by atoms with Crippen molar-refractivity contribution in [3.63, 3.8) is 0 Å². The third-order valence-electron chi connectivity index (χ3n) is 1.14. The molecule has 0 N–H and O–H groups in total. The summed E-state index contributed by atoms with van der Waals surface area (Å²) in [6.07, 6.45) is -2.52. The second kappa shape index (κ2) is 2.43. The van der Waals surface area contributed by atoms with Crippen LogP contribution in [0.4, 0.5) is 8.78 Å². The van der Waals surface area contributed by atoms with Crippen molar-refractivity contribution in [2.45, 2.75) is 12.3 Å². The Balaban J connectivity index is 2.39. The Kier molecular flexibility index (Phi) is 2.02. The van der Waals surface area contributed by atoms with Gasteiger partial charge in [-0.1, -0.05) is 0 Å². The van der Waals surface area contributed by atoms with E-state index in [1.807, 2.05) is 22.9 Å². The van der Waals surface area contributed by atoms with Crippen LogP contribution < -0.4 is 0 Å². The van der Waals surface area contributed by atoms with Crippen LogP contribution in [0.25, 0.3) is 0 Å². The van der Waals surface area contributed by atoms with Gasteiger partial charge in [0, 0.05) is 36.0 Å². The summed E-state index contributed by atoms with van der Waals surface area (Å²) < 4.78 is 25.9. The Hall–Kier alpha value is 0.550. The van der Waals surface area contributed by atoms with Crippen molar-refractivity contribution in [1.29, 1.82) is 0 Å². The fraction of sp³-hybridized carbons (Fsp3) is 1.00. The molecule has 0 aromatic carbocycles. The largest absolute Gasteiger partial charge is 0.243 e. The van der Waals surface area contributed by atoms with Gasteiger partial charge >= 0.3 is 0 Å². The minimum atomic E-state index is -1.26. The van der Waals surface area contributed by atoms with Crippen molar-refractivity contribution in [3.8, 4) is 0 Å². The van der Waals surface area contributed by atoms with Crippen molar-refractivity contribution in [2.24, 2.45) is 0 Å². The fourth-order valence-corrected chi connectivity index (χ4v) is 1.43. The highest BCUT2D eigenvalue weighted by Gasteiger charge is 2.31. The van der Waals surface area contributed by atoms with Crippen LogP contribution in [-0.2, 0) is 0 Å². The van der Waals surface area contributed by atoms with Gasteiger partial charge in [0.25, 0.3) is 0 Å². The zero-order chi connectivity index (χ0) is 6.15. The van der Waals surface area contributed by atoms with E-state index in [0.717, 1.165) is 0 Å². The Morgan fingerprint density at radius 1 is 1.25 bits per heavy atom. The van der Waals surface area contributed by atoms with Gasteiger partial charge in [-0.25, -0.2) is 11.9 Å². The van der Waals surface area contributed by atoms with E-state index in [9.17, 15) is 8.78 Å². The second-order valence-corrected chi connectivity index (χ2v) is 3.22. The Morgan fingerprint density at radius 2 is 1.62 bits per heavy atom. The molecule has 1 aliphatic rings. The lowest BCUT2D eigenvalue weighted by molar-refractivity contribution is 0.217. The maximum atomic E-state index is 12.1. The second-order valence-electron chi connectivity index (χ2n) is 1.86. The summed E-state index contributed by atoms with van der Waals surface area (Å²) in [5, 5.41) is 0. The molecule has 0 aromatic rings. The van der Waals surface area contributed by atoms with Crippen LogP contribution in [-0.4, -0.2) is 28.5 Å². The van der Waals surface area contributed by atoms with E-state index in [0.29, 0.717) is 0 Å². The van der Waals surface area contributed by atoms with Gasteiger partial charge in [0.05, 0.1) is 0 Å². The van der Waals surface area contributed by atoms with E-state index >= 15 is 0 Å². The average molecular weight is 233 g/mol. The highest BCUT2D eigenvalue weighted by molar-refractivity contribution is 14.1. The van der Waals surface area contributed by atoms with Crippen molar-refractivity contribution < 1.29 is 8.78 Å². The van der Waals surface area contributed by atoms with Gasteiger partial charge in [0.1, 0.15) is 12.3 Å². The highest BCUT2D eigenvalue weighted by atomic mass is 127. The van der Waals surface area contributed by atoms with Crippen molar-refractivity contribution in [2.75, 3.05) is 13.1 Å². The van der Waals surface area contributed by atoms with Crippen LogP contribution >= 0.6 is 22.9 Å². The van der Waals surface area contributed by atoms with Crippen LogP contribution in [0.15, 0.2) is 0 Å². The lowest BCUT2D eigenvalue weighted by Crippen LogP contribution is -2.12. The molecule has 1 nitrogen and oxygen atoms in total. The zero-order valence-electron chi connectivity index (χ0n) is 4.15. The van der Waals surface area contributed by atoms with Crippen molar-refractivity contribution in [3.05, 3.63) is 0 Å². The Labute approximate surface area is 60.5 Å². The molecule has 8 heavy (non-hydrogen) atoms. The molecular formula is C4H6F2IN. The monoisotopic (exact) mass is 233 g/mol. The van der Waals surface area contributed by atoms with Crippen molar-refractivity contribution in [1.82, 2.24) is 3.11 Å². The standard InChI is InChI=1S/C4H6F2IN/c5-3-1-8(7)2-4(3)6/h3-4H,1-2H2. The highest BCUT2D eigenvalue weighted by Crippen LogP contribution is 2.18. The molecule has 0 bridgehead atoms. The predicted molar refractivity (Wildman–Crippen MR) is 35.4 cm³/mol. The molecule has 1 fully saturated rings. The molecule has 2 atom stereocenters. The first kappa shape index (κ1) is 6.67. The topological polar surface area (TPSA) is 3.24 Å². The third kappa shape index (κ3) is 1.28. The van der Waals surface area contributed by atoms with Crippen molar-refractivity contribution >= 4 is 22.9 Å². The number of rotatable bonds is 0. The maximum Gasteiger partial charge on any atom is 0.146 e. The third-order valence-corrected chi connectivity index (χ3v) is 1.93. The van der Waals surface area contributed by atoms with Crippen LogP contribution in [0.2, 0.25) is 0 Å². The Bertz CT molecular complexity index is 80.1. The molecule has 0 aliphatic carbocycles. The van der Waals surface area contributed by atoms with Crippen LogP contribution in [0.5, 0.6) is 0 Å². The number of hydrogen-bond acceptors (Lipinski definition) is 1. The van der Waals surface area contributed by atoms with Gasteiger partial charge in [-0.3, -0.25) is 0 Å². The molecule has 0 spiro atoms. The van der Waals surface area contributed by atoms with E-state index in [1.165, 1.54) is 0 Å². The smallest absolute Gasteiger partial charge is 0.146 e. The molecule has 0 amide bonds. The lowest BCUT2D eigenvalue weighted by atomic mass is 10.3. The summed E-state index contributed by atoms with van der Waals surface area (Å²) in [6.45, 7) is 0.476. The first-order valence-corrected chi connectivity index (χ1v) is 3.35. The zero-order valence-corrected chi connectivity index (χ0v) is 6.31. The van der Waals surface area contributed by atoms with Gasteiger partial charge in [-0.2, -0.15) is 0 Å². The minimum Gasteiger partial charge on any atom is -0.243 e. The van der Waals surface area contributed by atoms with Gasteiger partial charge in [0.2, 0.25) is 0 Å². The summed E-state index contributed by atoms with van der Waals surface area (Å²) in [5.41, 5.74) is 0. The molecule has 0 aromatic heterocycles. The van der Waals surface area contributed by atoms with Crippen LogP contribution in [0.1, 0.15) is 0 Å². The molecule has 0 saturated carbocycles. The fourth-order valence-electron chi connectivity index (χ4n) is 0.682. The molecule has 1 heterocycles. The summed E-state index contributed by atoms with van der Waals surface area (Å²) in [6, 6.07) is 0. The molecule has 1 rings (SSSR count).